The largest absolute Gasteiger partial charge is 0.197 e. The second kappa shape index (κ2) is 3.25. The third kappa shape index (κ3) is 1.24. The van der Waals surface area contributed by atoms with Crippen molar-refractivity contribution in [2.24, 2.45) is 0 Å². The van der Waals surface area contributed by atoms with Gasteiger partial charge in [-0.25, -0.2) is 0 Å². The number of hydrogen-bond donors (Lipinski definition) is 1. The quantitative estimate of drug-likeness (QED) is 0.647. The number of fused-ring (bicyclic) bond motifs is 1. The molecule has 1 aliphatic carbocycles. The van der Waals surface area contributed by atoms with E-state index in [1.54, 1.807) is 0 Å². The minimum atomic E-state index is 0.654. The summed E-state index contributed by atoms with van der Waals surface area (Å²) in [6, 6.07) is 0. The number of hydrogen-bond acceptors (Lipinski definition) is 2. The first-order valence-corrected chi connectivity index (χ1v) is 4.81. The number of H-pyrrole nitrogens is 1. The number of aromatic nitrogens is 3. The highest BCUT2D eigenvalue weighted by Gasteiger charge is 2.20. The van der Waals surface area contributed by atoms with Crippen LogP contribution in [0.2, 0.25) is 0 Å². The third-order valence-corrected chi connectivity index (χ3v) is 2.75. The fourth-order valence-electron chi connectivity index (χ4n) is 1.99. The van der Waals surface area contributed by atoms with Crippen LogP contribution < -0.4 is 0 Å². The predicted octanol–water partition coefficient (Wildman–Crippen LogP) is 2.02. The van der Waals surface area contributed by atoms with E-state index in [9.17, 15) is 0 Å². The SMILES string of the molecule is CCC1CCCCc2n[nH]nc21. The van der Waals surface area contributed by atoms with Crippen LogP contribution in [-0.2, 0) is 6.42 Å². The second-order valence-corrected chi connectivity index (χ2v) is 3.51. The van der Waals surface area contributed by atoms with E-state index in [4.69, 9.17) is 0 Å². The minimum Gasteiger partial charge on any atom is -0.197 e. The summed E-state index contributed by atoms with van der Waals surface area (Å²) in [5.74, 6) is 0.654. The van der Waals surface area contributed by atoms with Gasteiger partial charge >= 0.3 is 0 Å². The van der Waals surface area contributed by atoms with Crippen molar-refractivity contribution in [3.05, 3.63) is 11.4 Å². The number of nitrogens with zero attached hydrogens (tertiary/aromatic N) is 2. The van der Waals surface area contributed by atoms with Crippen LogP contribution in [0.25, 0.3) is 0 Å². The Morgan fingerprint density at radius 2 is 2.33 bits per heavy atom. The zero-order valence-electron chi connectivity index (χ0n) is 7.51. The maximum atomic E-state index is 4.23. The highest BCUT2D eigenvalue weighted by molar-refractivity contribution is 5.15. The summed E-state index contributed by atoms with van der Waals surface area (Å²) < 4.78 is 0. The number of aryl methyl sites for hydroxylation is 1. The van der Waals surface area contributed by atoms with Crippen molar-refractivity contribution in [3.8, 4) is 0 Å². The standard InChI is InChI=1S/C9H15N3/c1-2-7-5-3-4-6-8-9(7)11-12-10-8/h7H,2-6H2,1H3,(H,10,11,12). The van der Waals surface area contributed by atoms with Gasteiger partial charge in [0.05, 0.1) is 11.4 Å². The Balaban J connectivity index is 2.29. The molecule has 12 heavy (non-hydrogen) atoms. The Bertz CT molecular complexity index is 254. The number of aromatic amines is 1. The third-order valence-electron chi connectivity index (χ3n) is 2.75. The Morgan fingerprint density at radius 1 is 1.42 bits per heavy atom. The van der Waals surface area contributed by atoms with E-state index in [0.717, 1.165) is 6.42 Å². The van der Waals surface area contributed by atoms with Gasteiger partial charge in [0.1, 0.15) is 0 Å². The van der Waals surface area contributed by atoms with Gasteiger partial charge in [0.15, 0.2) is 0 Å². The molecule has 1 aromatic heterocycles. The lowest BCUT2D eigenvalue weighted by Gasteiger charge is -2.08. The van der Waals surface area contributed by atoms with E-state index in [1.807, 2.05) is 0 Å². The average Bonchev–Trinajstić information content (AvgIpc) is 2.46. The van der Waals surface area contributed by atoms with Crippen molar-refractivity contribution in [2.75, 3.05) is 0 Å². The zero-order valence-corrected chi connectivity index (χ0v) is 7.51. The van der Waals surface area contributed by atoms with Crippen molar-refractivity contribution >= 4 is 0 Å². The van der Waals surface area contributed by atoms with Crippen LogP contribution in [0.1, 0.15) is 49.9 Å². The number of rotatable bonds is 1. The van der Waals surface area contributed by atoms with Gasteiger partial charge in [-0.3, -0.25) is 0 Å². The smallest absolute Gasteiger partial charge is 0.0887 e. The fourth-order valence-corrected chi connectivity index (χ4v) is 1.99. The Morgan fingerprint density at radius 3 is 3.17 bits per heavy atom. The molecule has 1 unspecified atom stereocenters. The lowest BCUT2D eigenvalue weighted by atomic mass is 9.98. The summed E-state index contributed by atoms with van der Waals surface area (Å²) in [4.78, 5) is 0. The minimum absolute atomic E-state index is 0.654. The highest BCUT2D eigenvalue weighted by atomic mass is 15.3. The van der Waals surface area contributed by atoms with Crippen LogP contribution in [0.4, 0.5) is 0 Å². The summed E-state index contributed by atoms with van der Waals surface area (Å²) in [5, 5.41) is 11.1. The van der Waals surface area contributed by atoms with E-state index in [-0.39, 0.29) is 0 Å². The summed E-state index contributed by atoms with van der Waals surface area (Å²) >= 11 is 0. The summed E-state index contributed by atoms with van der Waals surface area (Å²) in [6.07, 6.45) is 6.20. The van der Waals surface area contributed by atoms with Crippen LogP contribution in [0.3, 0.4) is 0 Å². The lowest BCUT2D eigenvalue weighted by Crippen LogP contribution is -1.98. The van der Waals surface area contributed by atoms with Crippen molar-refractivity contribution in [1.82, 2.24) is 15.4 Å². The molecule has 0 spiro atoms. The van der Waals surface area contributed by atoms with Crippen LogP contribution in [0.5, 0.6) is 0 Å². The summed E-state index contributed by atoms with van der Waals surface area (Å²) in [5.41, 5.74) is 2.44. The van der Waals surface area contributed by atoms with E-state index >= 15 is 0 Å². The molecule has 0 aliphatic heterocycles. The second-order valence-electron chi connectivity index (χ2n) is 3.51. The molecule has 66 valence electrons. The molecule has 1 heterocycles. The molecule has 0 fully saturated rings. The fraction of sp³-hybridized carbons (Fsp3) is 0.778. The molecule has 1 aliphatic rings. The van der Waals surface area contributed by atoms with E-state index in [0.29, 0.717) is 5.92 Å². The van der Waals surface area contributed by atoms with Crippen molar-refractivity contribution in [1.29, 1.82) is 0 Å². The topological polar surface area (TPSA) is 41.6 Å². The maximum absolute atomic E-state index is 4.23. The van der Waals surface area contributed by atoms with Crippen LogP contribution in [0, 0.1) is 0 Å². The highest BCUT2D eigenvalue weighted by Crippen LogP contribution is 2.29. The molecule has 0 saturated heterocycles. The normalized spacial score (nSPS) is 23.2. The van der Waals surface area contributed by atoms with Crippen molar-refractivity contribution in [3.63, 3.8) is 0 Å². The molecule has 0 amide bonds. The maximum Gasteiger partial charge on any atom is 0.0887 e. The zero-order chi connectivity index (χ0) is 8.39. The summed E-state index contributed by atoms with van der Waals surface area (Å²) in [6.45, 7) is 2.23. The first-order valence-electron chi connectivity index (χ1n) is 4.81. The Kier molecular flexibility index (Phi) is 2.11. The predicted molar refractivity (Wildman–Crippen MR) is 47.0 cm³/mol. The molecule has 3 nitrogen and oxygen atoms in total. The molecular weight excluding hydrogens is 150 g/mol. The Hall–Kier alpha value is -0.860. The molecule has 0 radical (unpaired) electrons. The van der Waals surface area contributed by atoms with Gasteiger partial charge in [-0.2, -0.15) is 15.4 Å². The Labute approximate surface area is 72.6 Å². The molecule has 0 saturated carbocycles. The molecular formula is C9H15N3. The van der Waals surface area contributed by atoms with Gasteiger partial charge in [-0.1, -0.05) is 13.3 Å². The van der Waals surface area contributed by atoms with E-state index in [1.165, 1.54) is 37.1 Å². The van der Waals surface area contributed by atoms with Gasteiger partial charge in [0.25, 0.3) is 0 Å². The molecule has 1 aromatic rings. The van der Waals surface area contributed by atoms with Gasteiger partial charge in [-0.15, -0.1) is 0 Å². The molecule has 0 aromatic carbocycles. The van der Waals surface area contributed by atoms with E-state index < -0.39 is 0 Å². The molecule has 0 bridgehead atoms. The van der Waals surface area contributed by atoms with E-state index in [2.05, 4.69) is 22.3 Å². The first-order chi connectivity index (χ1) is 5.92. The molecule has 1 atom stereocenters. The van der Waals surface area contributed by atoms with Gasteiger partial charge < -0.3 is 0 Å². The monoisotopic (exact) mass is 165 g/mol. The van der Waals surface area contributed by atoms with Crippen LogP contribution >= 0.6 is 0 Å². The lowest BCUT2D eigenvalue weighted by molar-refractivity contribution is 0.565. The van der Waals surface area contributed by atoms with Crippen molar-refractivity contribution < 1.29 is 0 Å². The summed E-state index contributed by atoms with van der Waals surface area (Å²) in [7, 11) is 0. The van der Waals surface area contributed by atoms with Crippen molar-refractivity contribution in [2.45, 2.75) is 44.9 Å². The first kappa shape index (κ1) is 7.77. The molecule has 1 N–H and O–H groups in total. The molecule has 2 rings (SSSR count). The van der Waals surface area contributed by atoms with Crippen LogP contribution in [0.15, 0.2) is 0 Å². The average molecular weight is 165 g/mol. The number of nitrogens with one attached hydrogen (secondary N) is 1. The van der Waals surface area contributed by atoms with Crippen LogP contribution in [-0.4, -0.2) is 15.4 Å². The van der Waals surface area contributed by atoms with Gasteiger partial charge in [0, 0.05) is 5.92 Å². The molecule has 3 heteroatoms. The van der Waals surface area contributed by atoms with Gasteiger partial charge in [0.2, 0.25) is 0 Å². The van der Waals surface area contributed by atoms with Gasteiger partial charge in [-0.05, 0) is 25.7 Å².